The number of hydrogen-bond acceptors (Lipinski definition) is 2. The topological polar surface area (TPSA) is 26.3 Å². The molecule has 0 heterocycles. The Morgan fingerprint density at radius 3 is 2.64 bits per heavy atom. The molecule has 0 saturated heterocycles. The predicted molar refractivity (Wildman–Crippen MR) is 38.3 cm³/mol. The van der Waals surface area contributed by atoms with Crippen LogP contribution in [0, 0.1) is 12.3 Å². The lowest BCUT2D eigenvalue weighted by Gasteiger charge is -2.06. The molecule has 0 atom stereocenters. The number of rotatable bonds is 3. The van der Waals surface area contributed by atoms with Gasteiger partial charge in [0.2, 0.25) is 0 Å². The van der Waals surface area contributed by atoms with Crippen LogP contribution in [0.5, 0.6) is 0 Å². The third-order valence-corrected chi connectivity index (χ3v) is 1.03. The van der Waals surface area contributed by atoms with E-state index in [9.17, 15) is 13.6 Å². The number of ether oxygens (including phenoxy) is 1. The summed E-state index contributed by atoms with van der Waals surface area (Å²) in [5.74, 6) is 0.519. The summed E-state index contributed by atoms with van der Waals surface area (Å²) < 4.78 is 27.9. The first-order valence-electron chi connectivity index (χ1n) is 2.66. The molecule has 11 heavy (non-hydrogen) atoms. The second-order valence-electron chi connectivity index (χ2n) is 1.59. The Balaban J connectivity index is 3.64. The van der Waals surface area contributed by atoms with E-state index in [1.165, 1.54) is 0 Å². The molecule has 0 spiro atoms. The Hall–Kier alpha value is -0.630. The first-order chi connectivity index (χ1) is 4.98. The third-order valence-electron chi connectivity index (χ3n) is 0.711. The van der Waals surface area contributed by atoms with E-state index in [0.29, 0.717) is 0 Å². The minimum Gasteiger partial charge on any atom is -0.460 e. The van der Waals surface area contributed by atoms with Crippen molar-refractivity contribution in [3.8, 4) is 12.3 Å². The van der Waals surface area contributed by atoms with Crippen molar-refractivity contribution in [1.29, 1.82) is 0 Å². The molecule has 0 rings (SSSR count). The molecule has 5 heteroatoms. The van der Waals surface area contributed by atoms with E-state index >= 15 is 0 Å². The van der Waals surface area contributed by atoms with Crippen molar-refractivity contribution in [1.82, 2.24) is 0 Å². The largest absolute Gasteiger partial charge is 0.460 e. The monoisotopic (exact) mass is 226 g/mol. The first-order valence-corrected chi connectivity index (χ1v) is 3.45. The lowest BCUT2D eigenvalue weighted by Crippen LogP contribution is -2.23. The summed E-state index contributed by atoms with van der Waals surface area (Å²) in [7, 11) is 0. The van der Waals surface area contributed by atoms with E-state index in [1.807, 2.05) is 15.9 Å². The highest BCUT2D eigenvalue weighted by molar-refractivity contribution is 9.10. The molecule has 2 nitrogen and oxygen atoms in total. The van der Waals surface area contributed by atoms with Gasteiger partial charge in [-0.15, -0.1) is 12.3 Å². The third kappa shape index (κ3) is 4.73. The molecule has 0 aliphatic carbocycles. The molecular weight excluding hydrogens is 222 g/mol. The quantitative estimate of drug-likeness (QED) is 0.316. The molecule has 0 aromatic carbocycles. The van der Waals surface area contributed by atoms with Crippen molar-refractivity contribution < 1.29 is 18.3 Å². The molecule has 62 valence electrons. The van der Waals surface area contributed by atoms with Crippen molar-refractivity contribution in [2.75, 3.05) is 6.61 Å². The highest BCUT2D eigenvalue weighted by Gasteiger charge is 2.36. The van der Waals surface area contributed by atoms with Crippen molar-refractivity contribution in [3.63, 3.8) is 0 Å². The van der Waals surface area contributed by atoms with Crippen LogP contribution in [0.2, 0.25) is 0 Å². The highest BCUT2D eigenvalue weighted by Crippen LogP contribution is 2.22. The van der Waals surface area contributed by atoms with E-state index < -0.39 is 10.8 Å². The molecule has 0 unspecified atom stereocenters. The van der Waals surface area contributed by atoms with Gasteiger partial charge < -0.3 is 4.74 Å². The Morgan fingerprint density at radius 2 is 2.27 bits per heavy atom. The fourth-order valence-electron chi connectivity index (χ4n) is 0.284. The van der Waals surface area contributed by atoms with Crippen LogP contribution >= 0.6 is 15.9 Å². The van der Waals surface area contributed by atoms with E-state index in [-0.39, 0.29) is 13.0 Å². The molecule has 0 radical (unpaired) electrons. The van der Waals surface area contributed by atoms with Gasteiger partial charge in [-0.1, -0.05) is 0 Å². The van der Waals surface area contributed by atoms with Crippen molar-refractivity contribution >= 4 is 21.9 Å². The zero-order valence-corrected chi connectivity index (χ0v) is 7.03. The van der Waals surface area contributed by atoms with Crippen molar-refractivity contribution in [3.05, 3.63) is 0 Å². The normalized spacial score (nSPS) is 10.4. The Bertz CT molecular complexity index is 180. The van der Waals surface area contributed by atoms with Gasteiger partial charge in [0.05, 0.1) is 0 Å². The molecule has 0 aromatic heterocycles. The van der Waals surface area contributed by atoms with Crippen molar-refractivity contribution in [2.24, 2.45) is 0 Å². The summed E-state index contributed by atoms with van der Waals surface area (Å²) in [6, 6.07) is 0. The van der Waals surface area contributed by atoms with Gasteiger partial charge in [0.1, 0.15) is 6.61 Å². The second kappa shape index (κ2) is 4.29. The molecule has 0 aromatic rings. The van der Waals surface area contributed by atoms with E-state index in [0.717, 1.165) is 0 Å². The average molecular weight is 227 g/mol. The number of terminal acetylenes is 1. The number of alkyl halides is 3. The molecular formula is C6H5BrF2O2. The van der Waals surface area contributed by atoms with Gasteiger partial charge in [0.15, 0.2) is 0 Å². The first kappa shape index (κ1) is 10.4. The lowest BCUT2D eigenvalue weighted by molar-refractivity contribution is -0.159. The molecule has 0 bridgehead atoms. The Labute approximate surface area is 71.0 Å². The fraction of sp³-hybridized carbons (Fsp3) is 0.500. The van der Waals surface area contributed by atoms with Crippen molar-refractivity contribution in [2.45, 2.75) is 11.3 Å². The number of carbonyl (C=O) groups excluding carboxylic acids is 1. The van der Waals surface area contributed by atoms with Gasteiger partial charge in [0, 0.05) is 22.4 Å². The molecule has 0 aliphatic heterocycles. The van der Waals surface area contributed by atoms with Crippen LogP contribution in [0.15, 0.2) is 0 Å². The smallest absolute Gasteiger partial charge is 0.395 e. The van der Waals surface area contributed by atoms with Crippen LogP contribution < -0.4 is 0 Å². The van der Waals surface area contributed by atoms with Crippen LogP contribution in [0.4, 0.5) is 8.78 Å². The van der Waals surface area contributed by atoms with Crippen LogP contribution in [0.3, 0.4) is 0 Å². The number of carbonyl (C=O) groups is 1. The zero-order valence-electron chi connectivity index (χ0n) is 5.44. The van der Waals surface area contributed by atoms with Gasteiger partial charge >= 0.3 is 10.8 Å². The summed E-state index contributed by atoms with van der Waals surface area (Å²) in [5, 5.41) is 0. The minimum atomic E-state index is -3.61. The van der Waals surface area contributed by atoms with Gasteiger partial charge in [0.25, 0.3) is 0 Å². The summed E-state index contributed by atoms with van der Waals surface area (Å²) in [6.07, 6.45) is 4.92. The SMILES string of the molecule is C#CCCOC(=O)C(F)(F)Br. The van der Waals surface area contributed by atoms with E-state index in [4.69, 9.17) is 6.42 Å². The second-order valence-corrected chi connectivity index (χ2v) is 2.58. The summed E-state index contributed by atoms with van der Waals surface area (Å²) in [5.41, 5.74) is 0. The number of hydrogen-bond donors (Lipinski definition) is 0. The van der Waals surface area contributed by atoms with Crippen LogP contribution in [0.25, 0.3) is 0 Å². The molecule has 0 saturated carbocycles. The maximum absolute atomic E-state index is 11.9. The molecule has 0 fully saturated rings. The lowest BCUT2D eigenvalue weighted by atomic mass is 10.5. The summed E-state index contributed by atoms with van der Waals surface area (Å²) >= 11 is 1.84. The van der Waals surface area contributed by atoms with Gasteiger partial charge in [-0.05, 0) is 0 Å². The van der Waals surface area contributed by atoms with E-state index in [2.05, 4.69) is 10.7 Å². The molecule has 0 N–H and O–H groups in total. The van der Waals surface area contributed by atoms with Gasteiger partial charge in [-0.25, -0.2) is 4.79 Å². The highest BCUT2D eigenvalue weighted by atomic mass is 79.9. The predicted octanol–water partition coefficient (Wildman–Crippen LogP) is 1.54. The standard InChI is InChI=1S/C6H5BrF2O2/c1-2-3-4-11-5(10)6(7,8)9/h1H,3-4H2. The maximum atomic E-state index is 11.9. The summed E-state index contributed by atoms with van der Waals surface area (Å²) in [6.45, 7) is -0.184. The maximum Gasteiger partial charge on any atom is 0.395 e. The summed E-state index contributed by atoms with van der Waals surface area (Å²) in [4.78, 5) is 6.64. The molecule has 0 amide bonds. The Kier molecular flexibility index (Phi) is 4.04. The Morgan fingerprint density at radius 1 is 1.73 bits per heavy atom. The average Bonchev–Trinajstić information content (AvgIpc) is 1.86. The van der Waals surface area contributed by atoms with Gasteiger partial charge in [-0.3, -0.25) is 0 Å². The van der Waals surface area contributed by atoms with Crippen LogP contribution in [-0.4, -0.2) is 17.4 Å². The minimum absolute atomic E-state index is 0.134. The number of halogens is 3. The van der Waals surface area contributed by atoms with Gasteiger partial charge in [-0.2, -0.15) is 8.78 Å². The zero-order chi connectivity index (χ0) is 8.91. The molecule has 0 aliphatic rings. The van der Waals surface area contributed by atoms with E-state index in [1.54, 1.807) is 0 Å². The van der Waals surface area contributed by atoms with Crippen LogP contribution in [-0.2, 0) is 9.53 Å². The number of esters is 1. The fourth-order valence-corrected chi connectivity index (χ4v) is 0.399. The van der Waals surface area contributed by atoms with Crippen LogP contribution in [0.1, 0.15) is 6.42 Å².